The van der Waals surface area contributed by atoms with Crippen molar-refractivity contribution in [1.82, 2.24) is 19.4 Å². The molecule has 0 unspecified atom stereocenters. The Labute approximate surface area is 88.2 Å². The van der Waals surface area contributed by atoms with Gasteiger partial charge >= 0.3 is 0 Å². The average Bonchev–Trinajstić information content (AvgIpc) is 2.69. The van der Waals surface area contributed by atoms with Gasteiger partial charge in [-0.3, -0.25) is 0 Å². The van der Waals surface area contributed by atoms with Gasteiger partial charge in [0.1, 0.15) is 0 Å². The van der Waals surface area contributed by atoms with Gasteiger partial charge in [-0.15, -0.1) is 0 Å². The summed E-state index contributed by atoms with van der Waals surface area (Å²) < 4.78 is 12.9. The topological polar surface area (TPSA) is 59.1 Å². The lowest BCUT2D eigenvalue weighted by molar-refractivity contribution is 0.199. The number of hydrogen-bond acceptors (Lipinski definition) is 6. The zero-order valence-corrected chi connectivity index (χ0v) is 9.14. The van der Waals surface area contributed by atoms with E-state index in [1.165, 1.54) is 11.7 Å². The first-order chi connectivity index (χ1) is 6.93. The van der Waals surface area contributed by atoms with Crippen LogP contribution in [-0.2, 0) is 11.3 Å². The average molecular weight is 216 g/mol. The monoisotopic (exact) mass is 216 g/mol. The molecule has 0 aliphatic heterocycles. The van der Waals surface area contributed by atoms with Crippen molar-refractivity contribution in [1.29, 1.82) is 0 Å². The van der Waals surface area contributed by atoms with E-state index < -0.39 is 0 Å². The lowest BCUT2D eigenvalue weighted by Crippen LogP contribution is -2.29. The highest BCUT2D eigenvalue weighted by molar-refractivity contribution is 6.99. The minimum Gasteiger partial charge on any atom is -0.383 e. The van der Waals surface area contributed by atoms with Crippen molar-refractivity contribution in [2.24, 2.45) is 0 Å². The molecule has 0 bridgehead atoms. The summed E-state index contributed by atoms with van der Waals surface area (Å²) in [7, 11) is 1.70. The number of nitrogens with zero attached hydrogens (tertiary/aromatic N) is 2. The van der Waals surface area contributed by atoms with E-state index in [0.29, 0.717) is 0 Å². The molecule has 0 radical (unpaired) electrons. The third-order valence-electron chi connectivity index (χ3n) is 1.67. The maximum absolute atomic E-state index is 4.91. The zero-order chi connectivity index (χ0) is 10.1. The highest BCUT2D eigenvalue weighted by Gasteiger charge is 1.94. The fourth-order valence-electron chi connectivity index (χ4n) is 0.954. The van der Waals surface area contributed by atoms with Gasteiger partial charge in [0.05, 0.1) is 30.2 Å². The van der Waals surface area contributed by atoms with Crippen LogP contribution in [0.15, 0.2) is 6.20 Å². The van der Waals surface area contributed by atoms with Crippen molar-refractivity contribution in [3.8, 4) is 0 Å². The van der Waals surface area contributed by atoms with Gasteiger partial charge in [0.2, 0.25) is 0 Å². The van der Waals surface area contributed by atoms with Gasteiger partial charge in [-0.25, -0.2) is 0 Å². The number of nitrogens with one attached hydrogen (secondary N) is 2. The molecule has 0 spiro atoms. The van der Waals surface area contributed by atoms with E-state index in [-0.39, 0.29) is 0 Å². The van der Waals surface area contributed by atoms with Gasteiger partial charge in [0.15, 0.2) is 0 Å². The molecule has 0 aliphatic carbocycles. The maximum Gasteiger partial charge on any atom is 0.0880 e. The van der Waals surface area contributed by atoms with Crippen molar-refractivity contribution in [2.45, 2.75) is 6.54 Å². The number of ether oxygens (including phenoxy) is 1. The zero-order valence-electron chi connectivity index (χ0n) is 8.32. The Bertz CT molecular complexity index is 217. The lowest BCUT2D eigenvalue weighted by Gasteiger charge is -2.04. The van der Waals surface area contributed by atoms with Gasteiger partial charge < -0.3 is 15.4 Å². The van der Waals surface area contributed by atoms with Crippen LogP contribution < -0.4 is 10.6 Å². The molecular weight excluding hydrogens is 200 g/mol. The minimum atomic E-state index is 0.760. The van der Waals surface area contributed by atoms with Crippen molar-refractivity contribution >= 4 is 11.7 Å². The molecule has 0 saturated carbocycles. The summed E-state index contributed by atoms with van der Waals surface area (Å²) in [6.07, 6.45) is 1.79. The second kappa shape index (κ2) is 7.81. The van der Waals surface area contributed by atoms with Crippen LogP contribution in [0.4, 0.5) is 0 Å². The molecule has 0 amide bonds. The van der Waals surface area contributed by atoms with Crippen molar-refractivity contribution < 1.29 is 4.74 Å². The molecule has 0 fully saturated rings. The van der Waals surface area contributed by atoms with Crippen LogP contribution in [0.2, 0.25) is 0 Å². The molecule has 1 aromatic rings. The normalized spacial score (nSPS) is 10.6. The van der Waals surface area contributed by atoms with Crippen molar-refractivity contribution in [3.63, 3.8) is 0 Å². The van der Waals surface area contributed by atoms with Crippen LogP contribution in [0.5, 0.6) is 0 Å². The third-order valence-corrected chi connectivity index (χ3v) is 2.19. The summed E-state index contributed by atoms with van der Waals surface area (Å²) in [6, 6.07) is 0. The smallest absolute Gasteiger partial charge is 0.0880 e. The summed E-state index contributed by atoms with van der Waals surface area (Å²) in [5, 5.41) is 6.51. The number of hydrogen-bond donors (Lipinski definition) is 2. The third kappa shape index (κ3) is 5.23. The first-order valence-electron chi connectivity index (χ1n) is 4.60. The van der Waals surface area contributed by atoms with Gasteiger partial charge in [0, 0.05) is 33.3 Å². The summed E-state index contributed by atoms with van der Waals surface area (Å²) >= 11 is 1.24. The van der Waals surface area contributed by atoms with Gasteiger partial charge in [-0.05, 0) is 0 Å². The van der Waals surface area contributed by atoms with Crippen LogP contribution in [0, 0.1) is 0 Å². The molecule has 0 aliphatic rings. The molecule has 0 saturated heterocycles. The van der Waals surface area contributed by atoms with E-state index in [1.54, 1.807) is 13.3 Å². The quantitative estimate of drug-likeness (QED) is 0.593. The molecular formula is C8H16N4OS. The predicted octanol–water partition coefficient (Wildman–Crippen LogP) is -0.136. The number of methoxy groups -OCH3 is 1. The van der Waals surface area contributed by atoms with Gasteiger partial charge in [-0.2, -0.15) is 8.75 Å². The molecule has 80 valence electrons. The Morgan fingerprint density at radius 2 is 2.21 bits per heavy atom. The van der Waals surface area contributed by atoms with E-state index >= 15 is 0 Å². The summed E-state index contributed by atoms with van der Waals surface area (Å²) in [5.41, 5.74) is 1.01. The van der Waals surface area contributed by atoms with Gasteiger partial charge in [0.25, 0.3) is 0 Å². The highest BCUT2D eigenvalue weighted by Crippen LogP contribution is 1.92. The Kier molecular flexibility index (Phi) is 6.42. The molecule has 2 N–H and O–H groups in total. The molecule has 0 atom stereocenters. The van der Waals surface area contributed by atoms with E-state index in [1.807, 2.05) is 0 Å². The second-order valence-electron chi connectivity index (χ2n) is 2.82. The molecule has 0 aromatic carbocycles. The number of rotatable bonds is 8. The predicted molar refractivity (Wildman–Crippen MR) is 56.4 cm³/mol. The molecule has 1 heterocycles. The summed E-state index contributed by atoms with van der Waals surface area (Å²) in [4.78, 5) is 0. The van der Waals surface area contributed by atoms with Crippen LogP contribution in [0.25, 0.3) is 0 Å². The van der Waals surface area contributed by atoms with Crippen LogP contribution in [-0.4, -0.2) is 42.1 Å². The first kappa shape index (κ1) is 11.5. The minimum absolute atomic E-state index is 0.760. The Morgan fingerprint density at radius 1 is 1.36 bits per heavy atom. The largest absolute Gasteiger partial charge is 0.383 e. The molecule has 14 heavy (non-hydrogen) atoms. The Morgan fingerprint density at radius 3 is 2.93 bits per heavy atom. The molecule has 5 nitrogen and oxygen atoms in total. The Balaban J connectivity index is 1.85. The summed E-state index contributed by atoms with van der Waals surface area (Å²) in [6.45, 7) is 4.33. The van der Waals surface area contributed by atoms with E-state index in [2.05, 4.69) is 19.4 Å². The highest BCUT2D eigenvalue weighted by atomic mass is 32.1. The van der Waals surface area contributed by atoms with Crippen LogP contribution >= 0.6 is 11.7 Å². The molecule has 1 rings (SSSR count). The first-order valence-corrected chi connectivity index (χ1v) is 5.33. The van der Waals surface area contributed by atoms with Crippen LogP contribution in [0.3, 0.4) is 0 Å². The SMILES string of the molecule is COCCNCCNCc1cnsn1. The maximum atomic E-state index is 4.91. The fraction of sp³-hybridized carbons (Fsp3) is 0.750. The van der Waals surface area contributed by atoms with E-state index in [4.69, 9.17) is 4.74 Å². The van der Waals surface area contributed by atoms with E-state index in [0.717, 1.165) is 38.5 Å². The molecule has 6 heteroatoms. The van der Waals surface area contributed by atoms with Crippen molar-refractivity contribution in [2.75, 3.05) is 33.4 Å². The molecule has 1 aromatic heterocycles. The van der Waals surface area contributed by atoms with Gasteiger partial charge in [-0.1, -0.05) is 0 Å². The summed E-state index contributed by atoms with van der Waals surface area (Å²) in [5.74, 6) is 0. The second-order valence-corrected chi connectivity index (χ2v) is 3.38. The number of aromatic nitrogens is 2. The fourth-order valence-corrected chi connectivity index (χ4v) is 1.39. The van der Waals surface area contributed by atoms with Crippen molar-refractivity contribution in [3.05, 3.63) is 11.9 Å². The van der Waals surface area contributed by atoms with E-state index in [9.17, 15) is 0 Å². The lowest BCUT2D eigenvalue weighted by atomic mass is 10.4. The standard InChI is InChI=1S/C8H16N4OS/c1-13-5-4-9-2-3-10-6-8-7-11-14-12-8/h7,9-10H,2-6H2,1H3. The Hall–Kier alpha value is -0.560. The van der Waals surface area contributed by atoms with Crippen LogP contribution in [0.1, 0.15) is 5.69 Å².